The van der Waals surface area contributed by atoms with Gasteiger partial charge in [-0.3, -0.25) is 0 Å². The van der Waals surface area contributed by atoms with Crippen molar-refractivity contribution in [2.75, 3.05) is 6.61 Å². The van der Waals surface area contributed by atoms with Gasteiger partial charge in [0.25, 0.3) is 0 Å². The Hall–Kier alpha value is -2.59. The highest BCUT2D eigenvalue weighted by molar-refractivity contribution is 5.71. The summed E-state index contributed by atoms with van der Waals surface area (Å²) in [4.78, 5) is 0. The number of unbranched alkanes of at least 4 members (excludes halogenated alkanes) is 2. The van der Waals surface area contributed by atoms with Gasteiger partial charge in [-0.1, -0.05) is 81.6 Å². The minimum Gasteiger partial charge on any atom is -0.373 e. The second-order valence-corrected chi connectivity index (χ2v) is 9.73. The fraction of sp³-hybridized carbons (Fsp3) is 0.419. The summed E-state index contributed by atoms with van der Waals surface area (Å²) >= 11 is 0. The fourth-order valence-corrected chi connectivity index (χ4v) is 5.07. The van der Waals surface area contributed by atoms with Gasteiger partial charge < -0.3 is 4.74 Å². The van der Waals surface area contributed by atoms with Crippen molar-refractivity contribution in [3.05, 3.63) is 83.2 Å². The smallest absolute Gasteiger partial charge is 0.166 e. The molecule has 1 fully saturated rings. The van der Waals surface area contributed by atoms with E-state index >= 15 is 4.39 Å². The van der Waals surface area contributed by atoms with Crippen LogP contribution in [0.2, 0.25) is 0 Å². The van der Waals surface area contributed by atoms with Gasteiger partial charge in [-0.05, 0) is 66.3 Å². The maximum atomic E-state index is 15.0. The second kappa shape index (κ2) is 11.9. The SMILES string of the molecule is CCCCCc1ccc(-c2ccc(-c3ccc(C4CCC(CCC)CO4)cc3F)cc2)c(F)c1F. The average Bonchev–Trinajstić information content (AvgIpc) is 2.88. The Morgan fingerprint density at radius 2 is 1.49 bits per heavy atom. The lowest BCUT2D eigenvalue weighted by atomic mass is 9.91. The van der Waals surface area contributed by atoms with Crippen LogP contribution in [0.1, 0.15) is 76.0 Å². The van der Waals surface area contributed by atoms with Gasteiger partial charge in [0.15, 0.2) is 11.6 Å². The molecule has 0 N–H and O–H groups in total. The van der Waals surface area contributed by atoms with Gasteiger partial charge in [0, 0.05) is 11.1 Å². The average molecular weight is 481 g/mol. The summed E-state index contributed by atoms with van der Waals surface area (Å²) in [5, 5.41) is 0. The Morgan fingerprint density at radius 1 is 0.771 bits per heavy atom. The summed E-state index contributed by atoms with van der Waals surface area (Å²) in [5.74, 6) is -1.29. The summed E-state index contributed by atoms with van der Waals surface area (Å²) in [6.45, 7) is 5.00. The molecule has 0 aliphatic carbocycles. The van der Waals surface area contributed by atoms with Crippen LogP contribution < -0.4 is 0 Å². The van der Waals surface area contributed by atoms with E-state index in [1.54, 1.807) is 48.5 Å². The first-order valence-corrected chi connectivity index (χ1v) is 13.0. The molecule has 3 aromatic carbocycles. The summed E-state index contributed by atoms with van der Waals surface area (Å²) in [6.07, 6.45) is 7.71. The standard InChI is InChI=1S/C31H35F3O/c1-3-5-6-8-24-14-17-27(31(34)30(24)33)23-12-10-22(11-13-23)26-16-15-25(19-28(26)32)29-18-9-21(7-4-2)20-35-29/h10-17,19,21,29H,3-9,18,20H2,1-2H3. The molecule has 3 aromatic rings. The monoisotopic (exact) mass is 480 g/mol. The van der Waals surface area contributed by atoms with Crippen LogP contribution in [0.4, 0.5) is 13.2 Å². The first-order valence-electron chi connectivity index (χ1n) is 13.0. The number of hydrogen-bond acceptors (Lipinski definition) is 1. The molecule has 35 heavy (non-hydrogen) atoms. The van der Waals surface area contributed by atoms with Gasteiger partial charge in [0.05, 0.1) is 12.7 Å². The molecule has 4 heteroatoms. The first kappa shape index (κ1) is 25.5. The van der Waals surface area contributed by atoms with Gasteiger partial charge in [-0.15, -0.1) is 0 Å². The highest BCUT2D eigenvalue weighted by Gasteiger charge is 2.23. The van der Waals surface area contributed by atoms with E-state index in [9.17, 15) is 8.78 Å². The van der Waals surface area contributed by atoms with Crippen LogP contribution in [-0.4, -0.2) is 6.61 Å². The van der Waals surface area contributed by atoms with Crippen LogP contribution in [-0.2, 0) is 11.2 Å². The van der Waals surface area contributed by atoms with Crippen molar-refractivity contribution in [1.29, 1.82) is 0 Å². The Morgan fingerprint density at radius 3 is 2.11 bits per heavy atom. The molecule has 2 unspecified atom stereocenters. The molecule has 0 bridgehead atoms. The topological polar surface area (TPSA) is 9.23 Å². The van der Waals surface area contributed by atoms with Crippen molar-refractivity contribution < 1.29 is 17.9 Å². The first-order chi connectivity index (χ1) is 17.0. The van der Waals surface area contributed by atoms with E-state index in [1.165, 1.54) is 6.42 Å². The molecule has 1 saturated heterocycles. The van der Waals surface area contributed by atoms with E-state index in [2.05, 4.69) is 13.8 Å². The fourth-order valence-electron chi connectivity index (χ4n) is 5.07. The van der Waals surface area contributed by atoms with Gasteiger partial charge in [-0.2, -0.15) is 0 Å². The molecule has 0 aromatic heterocycles. The molecule has 186 valence electrons. The lowest BCUT2D eigenvalue weighted by molar-refractivity contribution is -0.0195. The minimum atomic E-state index is -0.823. The van der Waals surface area contributed by atoms with Crippen LogP contribution in [0.25, 0.3) is 22.3 Å². The van der Waals surface area contributed by atoms with E-state index in [4.69, 9.17) is 4.74 Å². The third-order valence-corrected chi connectivity index (χ3v) is 7.15. The molecule has 4 rings (SSSR count). The zero-order valence-electron chi connectivity index (χ0n) is 20.8. The van der Waals surface area contributed by atoms with Crippen LogP contribution in [0.15, 0.2) is 54.6 Å². The lowest BCUT2D eigenvalue weighted by Crippen LogP contribution is -2.20. The van der Waals surface area contributed by atoms with Crippen molar-refractivity contribution >= 4 is 0 Å². The second-order valence-electron chi connectivity index (χ2n) is 9.73. The van der Waals surface area contributed by atoms with Crippen molar-refractivity contribution in [1.82, 2.24) is 0 Å². The Balaban J connectivity index is 1.48. The van der Waals surface area contributed by atoms with Crippen molar-refractivity contribution in [3.63, 3.8) is 0 Å². The number of halogens is 3. The molecule has 1 aliphatic rings. The number of benzene rings is 3. The number of aryl methyl sites for hydroxylation is 1. The summed E-state index contributed by atoms with van der Waals surface area (Å²) in [6, 6.07) is 15.5. The van der Waals surface area contributed by atoms with E-state index in [-0.39, 0.29) is 17.5 Å². The van der Waals surface area contributed by atoms with Crippen molar-refractivity contribution in [2.24, 2.45) is 5.92 Å². The lowest BCUT2D eigenvalue weighted by Gasteiger charge is -2.29. The van der Waals surface area contributed by atoms with Gasteiger partial charge in [0.2, 0.25) is 0 Å². The summed E-state index contributed by atoms with van der Waals surface area (Å²) in [7, 11) is 0. The Bertz CT molecular complexity index is 1110. The molecule has 1 nitrogen and oxygen atoms in total. The summed E-state index contributed by atoms with van der Waals surface area (Å²) in [5.41, 5.74) is 3.26. The van der Waals surface area contributed by atoms with Crippen LogP contribution in [0.3, 0.4) is 0 Å². The van der Waals surface area contributed by atoms with E-state index < -0.39 is 11.6 Å². The van der Waals surface area contributed by atoms with E-state index in [1.807, 2.05) is 6.07 Å². The molecule has 0 radical (unpaired) electrons. The number of ether oxygens (including phenoxy) is 1. The van der Waals surface area contributed by atoms with E-state index in [0.29, 0.717) is 34.6 Å². The largest absolute Gasteiger partial charge is 0.373 e. The third kappa shape index (κ3) is 5.98. The normalized spacial score (nSPS) is 18.1. The molecule has 0 saturated carbocycles. The molecule has 1 heterocycles. The minimum absolute atomic E-state index is 0.0585. The molecular weight excluding hydrogens is 445 g/mol. The predicted molar refractivity (Wildman–Crippen MR) is 137 cm³/mol. The number of rotatable bonds is 9. The molecule has 0 spiro atoms. The van der Waals surface area contributed by atoms with Gasteiger partial charge >= 0.3 is 0 Å². The maximum absolute atomic E-state index is 15.0. The molecule has 2 atom stereocenters. The van der Waals surface area contributed by atoms with Crippen LogP contribution >= 0.6 is 0 Å². The zero-order valence-corrected chi connectivity index (χ0v) is 20.8. The number of hydrogen-bond donors (Lipinski definition) is 0. The van der Waals surface area contributed by atoms with Gasteiger partial charge in [0.1, 0.15) is 5.82 Å². The predicted octanol–water partition coefficient (Wildman–Crippen LogP) is 9.44. The Kier molecular flexibility index (Phi) is 8.67. The van der Waals surface area contributed by atoms with Crippen LogP contribution in [0.5, 0.6) is 0 Å². The third-order valence-electron chi connectivity index (χ3n) is 7.15. The van der Waals surface area contributed by atoms with Crippen molar-refractivity contribution in [3.8, 4) is 22.3 Å². The van der Waals surface area contributed by atoms with E-state index in [0.717, 1.165) is 50.7 Å². The molecular formula is C31H35F3O. The highest BCUT2D eigenvalue weighted by atomic mass is 19.2. The quantitative estimate of drug-likeness (QED) is 0.277. The van der Waals surface area contributed by atoms with Crippen LogP contribution in [0, 0.1) is 23.4 Å². The molecule has 1 aliphatic heterocycles. The zero-order chi connectivity index (χ0) is 24.8. The highest BCUT2D eigenvalue weighted by Crippen LogP contribution is 2.35. The maximum Gasteiger partial charge on any atom is 0.166 e. The summed E-state index contributed by atoms with van der Waals surface area (Å²) < 4.78 is 50.4. The Labute approximate surface area is 207 Å². The molecule has 0 amide bonds. The van der Waals surface area contributed by atoms with Gasteiger partial charge in [-0.25, -0.2) is 13.2 Å². The van der Waals surface area contributed by atoms with Crippen molar-refractivity contribution in [2.45, 2.75) is 71.3 Å².